The number of aromatic amines is 1. The van der Waals surface area contributed by atoms with Gasteiger partial charge in [0.2, 0.25) is 11.8 Å². The number of nitrogens with one attached hydrogen (secondary N) is 1. The van der Waals surface area contributed by atoms with Gasteiger partial charge in [-0.25, -0.2) is 4.98 Å². The zero-order valence-electron chi connectivity index (χ0n) is 21.7. The second kappa shape index (κ2) is 12.2. The van der Waals surface area contributed by atoms with Crippen molar-refractivity contribution in [2.24, 2.45) is 0 Å². The molecule has 200 valence electrons. The number of nitrogens with zero attached hydrogens (tertiary/aromatic N) is 3. The van der Waals surface area contributed by atoms with Gasteiger partial charge in [0.25, 0.3) is 5.56 Å². The van der Waals surface area contributed by atoms with Crippen molar-refractivity contribution in [3.8, 4) is 11.4 Å². The monoisotopic (exact) mass is 528 g/mol. The van der Waals surface area contributed by atoms with Crippen molar-refractivity contribution >= 4 is 23.4 Å². The molecule has 0 spiro atoms. The van der Waals surface area contributed by atoms with E-state index >= 15 is 0 Å². The van der Waals surface area contributed by atoms with Gasteiger partial charge in [-0.05, 0) is 37.1 Å². The van der Waals surface area contributed by atoms with Gasteiger partial charge in [0.15, 0.2) is 0 Å². The highest BCUT2D eigenvalue weighted by Crippen LogP contribution is 2.32. The normalized spacial score (nSPS) is 21.2. The molecule has 8 nitrogen and oxygen atoms in total. The van der Waals surface area contributed by atoms with Crippen LogP contribution in [0.25, 0.3) is 11.4 Å². The summed E-state index contributed by atoms with van der Waals surface area (Å²) in [6.45, 7) is 4.95. The van der Waals surface area contributed by atoms with E-state index in [2.05, 4.69) is 18.8 Å². The highest BCUT2D eigenvalue weighted by molar-refractivity contribution is 6.30. The Bertz CT molecular complexity index is 1170. The van der Waals surface area contributed by atoms with E-state index in [1.165, 1.54) is 0 Å². The number of unbranched alkanes of at least 4 members (excludes halogenated alkanes) is 3. The van der Waals surface area contributed by atoms with Crippen LogP contribution < -0.4 is 5.56 Å². The van der Waals surface area contributed by atoms with Crippen LogP contribution in [0, 0.1) is 0 Å². The quantitative estimate of drug-likeness (QED) is 0.473. The first-order valence-electron chi connectivity index (χ1n) is 13.5. The second-order valence-electron chi connectivity index (χ2n) is 10.3. The van der Waals surface area contributed by atoms with Crippen LogP contribution in [-0.2, 0) is 16.1 Å². The molecule has 9 heteroatoms. The van der Waals surface area contributed by atoms with E-state index in [-0.39, 0.29) is 42.8 Å². The molecule has 0 aliphatic carbocycles. The third-order valence-electron chi connectivity index (χ3n) is 7.44. The molecule has 3 atom stereocenters. The number of aromatic nitrogens is 2. The Balaban J connectivity index is 1.60. The first-order chi connectivity index (χ1) is 17.8. The van der Waals surface area contributed by atoms with Crippen LogP contribution in [0.5, 0.6) is 0 Å². The van der Waals surface area contributed by atoms with Gasteiger partial charge in [0.05, 0.1) is 23.9 Å². The highest BCUT2D eigenvalue weighted by atomic mass is 35.5. The lowest BCUT2D eigenvalue weighted by Crippen LogP contribution is -2.50. The molecule has 1 aromatic heterocycles. The number of benzene rings is 1. The Morgan fingerprint density at radius 3 is 2.54 bits per heavy atom. The minimum absolute atomic E-state index is 0.0824. The molecule has 4 rings (SSSR count). The van der Waals surface area contributed by atoms with Crippen LogP contribution in [0.1, 0.15) is 82.4 Å². The number of amides is 2. The van der Waals surface area contributed by atoms with Crippen LogP contribution in [0.3, 0.4) is 0 Å². The van der Waals surface area contributed by atoms with E-state index in [4.69, 9.17) is 16.6 Å². The molecule has 0 bridgehead atoms. The van der Waals surface area contributed by atoms with Gasteiger partial charge >= 0.3 is 0 Å². The average Bonchev–Trinajstić information content (AvgIpc) is 3.29. The lowest BCUT2D eigenvalue weighted by molar-refractivity contribution is -0.144. The summed E-state index contributed by atoms with van der Waals surface area (Å²) in [4.78, 5) is 50.8. The van der Waals surface area contributed by atoms with Crippen LogP contribution in [0.15, 0.2) is 29.1 Å². The van der Waals surface area contributed by atoms with Crippen molar-refractivity contribution in [3.63, 3.8) is 0 Å². The summed E-state index contributed by atoms with van der Waals surface area (Å²) in [6.07, 6.45) is 5.36. The van der Waals surface area contributed by atoms with E-state index in [1.54, 1.807) is 21.9 Å². The Kier molecular flexibility index (Phi) is 9.03. The summed E-state index contributed by atoms with van der Waals surface area (Å²) >= 11 is 6.03. The number of H-pyrrole nitrogens is 1. The Hall–Kier alpha value is -2.71. The summed E-state index contributed by atoms with van der Waals surface area (Å²) in [7, 11) is 0. The van der Waals surface area contributed by atoms with E-state index < -0.39 is 12.1 Å². The van der Waals surface area contributed by atoms with Crippen LogP contribution in [0.4, 0.5) is 0 Å². The van der Waals surface area contributed by atoms with Crippen molar-refractivity contribution < 1.29 is 14.7 Å². The maximum Gasteiger partial charge on any atom is 0.256 e. The van der Waals surface area contributed by atoms with E-state index in [9.17, 15) is 19.5 Å². The molecular weight excluding hydrogens is 492 g/mol. The van der Waals surface area contributed by atoms with Gasteiger partial charge in [-0.3, -0.25) is 14.4 Å². The summed E-state index contributed by atoms with van der Waals surface area (Å²) in [6, 6.07) is 6.47. The van der Waals surface area contributed by atoms with E-state index in [0.717, 1.165) is 49.8 Å². The molecular formula is C28H37ClN4O4. The molecule has 0 saturated carbocycles. The molecule has 0 radical (unpaired) electrons. The third-order valence-corrected chi connectivity index (χ3v) is 7.69. The topological polar surface area (TPSA) is 107 Å². The van der Waals surface area contributed by atoms with Crippen molar-refractivity contribution in [1.29, 1.82) is 0 Å². The zero-order valence-corrected chi connectivity index (χ0v) is 22.5. The van der Waals surface area contributed by atoms with E-state index in [1.807, 2.05) is 12.1 Å². The number of hydrogen-bond donors (Lipinski definition) is 2. The number of aliphatic hydroxyl groups is 1. The van der Waals surface area contributed by atoms with Crippen LogP contribution in [0.2, 0.25) is 5.02 Å². The fraction of sp³-hybridized carbons (Fsp3) is 0.571. The van der Waals surface area contributed by atoms with Gasteiger partial charge < -0.3 is 19.9 Å². The average molecular weight is 529 g/mol. The summed E-state index contributed by atoms with van der Waals surface area (Å²) in [5, 5.41) is 10.9. The molecule has 2 aliphatic heterocycles. The lowest BCUT2D eigenvalue weighted by Gasteiger charge is -2.36. The SMILES string of the molecule is CCCCCC(=O)N1C[C@H](O)C[C@H]1C(=O)N1Cc2c(nc(-c3ccc(Cl)cc3)[nH]c2=O)C(CCCC)C1. The predicted molar refractivity (Wildman–Crippen MR) is 143 cm³/mol. The number of β-amino-alcohol motifs (C(OH)–C–C–N with tert-alkyl or cyclic N) is 1. The van der Waals surface area contributed by atoms with Gasteiger partial charge in [0, 0.05) is 42.4 Å². The third kappa shape index (κ3) is 6.24. The number of rotatable bonds is 9. The molecule has 37 heavy (non-hydrogen) atoms. The van der Waals surface area contributed by atoms with Crippen molar-refractivity contribution in [2.45, 2.75) is 89.8 Å². The van der Waals surface area contributed by atoms with Gasteiger partial charge in [0.1, 0.15) is 11.9 Å². The number of likely N-dealkylation sites (tertiary alicyclic amines) is 1. The number of halogens is 1. The number of carbonyl (C=O) groups is 2. The fourth-order valence-electron chi connectivity index (χ4n) is 5.41. The minimum atomic E-state index is -0.718. The highest BCUT2D eigenvalue weighted by Gasteiger charge is 2.42. The van der Waals surface area contributed by atoms with Gasteiger partial charge in [-0.2, -0.15) is 0 Å². The number of carbonyl (C=O) groups excluding carboxylic acids is 2. The fourth-order valence-corrected chi connectivity index (χ4v) is 5.53. The van der Waals surface area contributed by atoms with Gasteiger partial charge in [-0.15, -0.1) is 0 Å². The maximum absolute atomic E-state index is 13.7. The first-order valence-corrected chi connectivity index (χ1v) is 13.9. The molecule has 2 aromatic rings. The number of fused-ring (bicyclic) bond motifs is 1. The second-order valence-corrected chi connectivity index (χ2v) is 10.7. The summed E-state index contributed by atoms with van der Waals surface area (Å²) in [5.74, 6) is 0.120. The smallest absolute Gasteiger partial charge is 0.256 e. The molecule has 1 unspecified atom stereocenters. The van der Waals surface area contributed by atoms with Crippen molar-refractivity contribution in [1.82, 2.24) is 19.8 Å². The Morgan fingerprint density at radius 1 is 1.11 bits per heavy atom. The minimum Gasteiger partial charge on any atom is -0.391 e. The molecule has 1 fully saturated rings. The van der Waals surface area contributed by atoms with E-state index in [0.29, 0.717) is 29.4 Å². The molecule has 1 aromatic carbocycles. The van der Waals surface area contributed by atoms with Gasteiger partial charge in [-0.1, -0.05) is 51.1 Å². The standard InChI is InChI=1S/C28H37ClN4O4/c1-3-5-7-9-24(35)33-16-21(34)14-23(33)28(37)32-15-19(8-6-4-2)25-22(17-32)27(36)31-26(30-25)18-10-12-20(29)13-11-18/h10-13,19,21,23,34H,3-9,14-17H2,1-2H3,(H,30,31,36)/t19?,21-,23+/m1/s1. The van der Waals surface area contributed by atoms with Crippen molar-refractivity contribution in [3.05, 3.63) is 50.9 Å². The van der Waals surface area contributed by atoms with Crippen molar-refractivity contribution in [2.75, 3.05) is 13.1 Å². The summed E-state index contributed by atoms with van der Waals surface area (Å²) < 4.78 is 0. The number of aliphatic hydroxyl groups excluding tert-OH is 1. The first kappa shape index (κ1) is 27.3. The summed E-state index contributed by atoms with van der Waals surface area (Å²) in [5.41, 5.74) is 1.75. The largest absolute Gasteiger partial charge is 0.391 e. The zero-order chi connectivity index (χ0) is 26.5. The molecule has 2 amide bonds. The molecule has 1 saturated heterocycles. The Morgan fingerprint density at radius 2 is 1.84 bits per heavy atom. The van der Waals surface area contributed by atoms with Crippen LogP contribution in [-0.4, -0.2) is 61.9 Å². The van der Waals surface area contributed by atoms with Crippen LogP contribution >= 0.6 is 11.6 Å². The Labute approximate surface area is 223 Å². The maximum atomic E-state index is 13.7. The molecule has 2 N–H and O–H groups in total. The molecule has 3 heterocycles. The predicted octanol–water partition coefficient (Wildman–Crippen LogP) is 4.25. The molecule has 2 aliphatic rings. The lowest BCUT2D eigenvalue weighted by atomic mass is 9.90. The number of hydrogen-bond acceptors (Lipinski definition) is 5.